The van der Waals surface area contributed by atoms with Crippen LogP contribution in [-0.2, 0) is 11.2 Å². The molecule has 0 radical (unpaired) electrons. The lowest BCUT2D eigenvalue weighted by Gasteiger charge is -2.45. The molecule has 2 nitrogen and oxygen atoms in total. The molecule has 0 N–H and O–H groups in total. The predicted octanol–water partition coefficient (Wildman–Crippen LogP) is 3.32. The van der Waals surface area contributed by atoms with Gasteiger partial charge in [0.25, 0.3) is 0 Å². The summed E-state index contributed by atoms with van der Waals surface area (Å²) in [6.45, 7) is 6.43. The molecule has 1 aliphatic carbocycles. The van der Waals surface area contributed by atoms with Crippen molar-refractivity contribution in [3.8, 4) is 0 Å². The molecule has 3 atom stereocenters. The van der Waals surface area contributed by atoms with E-state index in [2.05, 4.69) is 43.9 Å². The van der Waals surface area contributed by atoms with Gasteiger partial charge in [-0.15, -0.1) is 0 Å². The Balaban J connectivity index is 1.93. The van der Waals surface area contributed by atoms with Gasteiger partial charge in [-0.25, -0.2) is 0 Å². The van der Waals surface area contributed by atoms with Crippen LogP contribution in [0.5, 0.6) is 0 Å². The molecule has 1 aromatic carbocycles. The third-order valence-corrected chi connectivity index (χ3v) is 5.79. The Morgan fingerprint density at radius 2 is 2.11 bits per heavy atom. The van der Waals surface area contributed by atoms with Crippen LogP contribution in [0.2, 0.25) is 0 Å². The predicted molar refractivity (Wildman–Crippen MR) is 76.2 cm³/mol. The fourth-order valence-electron chi connectivity index (χ4n) is 4.60. The summed E-state index contributed by atoms with van der Waals surface area (Å²) in [5, 5.41) is 0. The first-order valence-corrected chi connectivity index (χ1v) is 7.44. The summed E-state index contributed by atoms with van der Waals surface area (Å²) in [7, 11) is 0. The second-order valence-corrected chi connectivity index (χ2v) is 7.11. The quantitative estimate of drug-likeness (QED) is 0.696. The van der Waals surface area contributed by atoms with Gasteiger partial charge in [0.05, 0.1) is 5.69 Å². The Morgan fingerprint density at radius 3 is 2.89 bits per heavy atom. The average Bonchev–Trinajstić information content (AvgIpc) is 2.44. The first-order valence-electron chi connectivity index (χ1n) is 7.44. The van der Waals surface area contributed by atoms with Crippen LogP contribution in [0.1, 0.15) is 37.8 Å². The highest BCUT2D eigenvalue weighted by molar-refractivity contribution is 6.02. The van der Waals surface area contributed by atoms with Crippen LogP contribution in [0.15, 0.2) is 18.2 Å². The van der Waals surface area contributed by atoms with E-state index in [1.807, 2.05) is 0 Å². The van der Waals surface area contributed by atoms with E-state index < -0.39 is 0 Å². The minimum Gasteiger partial charge on any atom is -0.308 e. The standard InChI is InChI=1S/C17H21NO/c1-10-5-4-6-11-7-8-12-9-13-15(12)18(14(10)11)16(19)17(13,2)3/h4-6,12-13,15H,7-9H2,1-3H3/t12-,13+,15-/m0/s1. The fourth-order valence-corrected chi connectivity index (χ4v) is 4.60. The topological polar surface area (TPSA) is 20.3 Å². The zero-order valence-corrected chi connectivity index (χ0v) is 11.9. The van der Waals surface area contributed by atoms with Crippen LogP contribution in [0.3, 0.4) is 0 Å². The lowest BCUT2D eigenvalue weighted by Crippen LogP contribution is -2.49. The zero-order valence-electron chi connectivity index (χ0n) is 11.9. The maximum absolute atomic E-state index is 12.9. The van der Waals surface area contributed by atoms with E-state index in [4.69, 9.17) is 0 Å². The van der Waals surface area contributed by atoms with Crippen molar-refractivity contribution >= 4 is 11.6 Å². The van der Waals surface area contributed by atoms with E-state index in [9.17, 15) is 4.79 Å². The van der Waals surface area contributed by atoms with Crippen LogP contribution in [0.25, 0.3) is 0 Å². The molecule has 100 valence electrons. The molecular formula is C17H21NO. The van der Waals surface area contributed by atoms with Gasteiger partial charge in [-0.2, -0.15) is 0 Å². The molecule has 2 heteroatoms. The number of carbonyl (C=O) groups is 1. The molecule has 0 unspecified atom stereocenters. The van der Waals surface area contributed by atoms with Crippen molar-refractivity contribution in [1.29, 1.82) is 0 Å². The summed E-state index contributed by atoms with van der Waals surface area (Å²) in [4.78, 5) is 15.1. The minimum absolute atomic E-state index is 0.169. The second-order valence-electron chi connectivity index (χ2n) is 7.11. The number of rotatable bonds is 0. The lowest BCUT2D eigenvalue weighted by molar-refractivity contribution is -0.125. The van der Waals surface area contributed by atoms with Crippen molar-refractivity contribution < 1.29 is 4.79 Å². The number of hydrogen-bond acceptors (Lipinski definition) is 1. The molecule has 19 heavy (non-hydrogen) atoms. The summed E-state index contributed by atoms with van der Waals surface area (Å²) in [5.41, 5.74) is 3.70. The SMILES string of the molecule is Cc1cccc2c1N1C(=O)C(C)(C)[C@@H]3C[C@H](CC2)[C@@H]31. The van der Waals surface area contributed by atoms with Gasteiger partial charge in [0.1, 0.15) is 0 Å². The Bertz CT molecular complexity index is 575. The van der Waals surface area contributed by atoms with Gasteiger partial charge in [-0.3, -0.25) is 4.79 Å². The molecule has 1 saturated carbocycles. The van der Waals surface area contributed by atoms with E-state index in [1.165, 1.54) is 29.7 Å². The van der Waals surface area contributed by atoms with Crippen molar-refractivity contribution in [3.63, 3.8) is 0 Å². The summed E-state index contributed by atoms with van der Waals surface area (Å²) >= 11 is 0. The van der Waals surface area contributed by atoms with Crippen molar-refractivity contribution in [2.45, 2.75) is 46.1 Å². The summed E-state index contributed by atoms with van der Waals surface area (Å²) < 4.78 is 0. The third kappa shape index (κ3) is 1.25. The summed E-state index contributed by atoms with van der Waals surface area (Å²) in [6, 6.07) is 6.96. The van der Waals surface area contributed by atoms with Gasteiger partial charge >= 0.3 is 0 Å². The molecule has 2 heterocycles. The van der Waals surface area contributed by atoms with E-state index in [-0.39, 0.29) is 5.41 Å². The van der Waals surface area contributed by atoms with Crippen LogP contribution in [0.4, 0.5) is 5.69 Å². The fraction of sp³-hybridized carbons (Fsp3) is 0.588. The number of benzene rings is 1. The van der Waals surface area contributed by atoms with Crippen LogP contribution in [0, 0.1) is 24.2 Å². The number of amides is 1. The first-order chi connectivity index (χ1) is 9.01. The highest BCUT2D eigenvalue weighted by Gasteiger charge is 2.63. The highest BCUT2D eigenvalue weighted by atomic mass is 16.2. The van der Waals surface area contributed by atoms with Crippen molar-refractivity contribution in [3.05, 3.63) is 29.3 Å². The average molecular weight is 255 g/mol. The largest absolute Gasteiger partial charge is 0.308 e. The van der Waals surface area contributed by atoms with Crippen LogP contribution < -0.4 is 4.90 Å². The van der Waals surface area contributed by atoms with E-state index >= 15 is 0 Å². The normalized spacial score (nSPS) is 34.4. The summed E-state index contributed by atoms with van der Waals surface area (Å²) in [6.07, 6.45) is 3.62. The smallest absolute Gasteiger partial charge is 0.233 e. The molecule has 1 saturated heterocycles. The molecule has 0 aromatic heterocycles. The molecule has 2 fully saturated rings. The maximum atomic E-state index is 12.9. The maximum Gasteiger partial charge on any atom is 0.233 e. The summed E-state index contributed by atoms with van der Waals surface area (Å²) in [5.74, 6) is 1.64. The number of hydrogen-bond donors (Lipinski definition) is 0. The van der Waals surface area contributed by atoms with Gasteiger partial charge in [-0.05, 0) is 49.1 Å². The number of carbonyl (C=O) groups excluding carboxylic acids is 1. The van der Waals surface area contributed by atoms with Crippen molar-refractivity contribution in [1.82, 2.24) is 0 Å². The Labute approximate surface area is 114 Å². The second kappa shape index (κ2) is 3.41. The van der Waals surface area contributed by atoms with Crippen molar-refractivity contribution in [2.75, 3.05) is 4.90 Å². The Kier molecular flexibility index (Phi) is 2.07. The number of aryl methyl sites for hydroxylation is 2. The number of fused-ring (bicyclic) bond motifs is 2. The van der Waals surface area contributed by atoms with Gasteiger partial charge in [0.2, 0.25) is 5.91 Å². The molecule has 0 bridgehead atoms. The molecule has 4 rings (SSSR count). The van der Waals surface area contributed by atoms with Crippen LogP contribution >= 0.6 is 0 Å². The van der Waals surface area contributed by atoms with Crippen molar-refractivity contribution in [2.24, 2.45) is 17.3 Å². The van der Waals surface area contributed by atoms with E-state index in [0.717, 1.165) is 12.3 Å². The number of para-hydroxylation sites is 1. The molecule has 1 amide bonds. The first kappa shape index (κ1) is 11.5. The highest BCUT2D eigenvalue weighted by Crippen LogP contribution is 2.59. The monoisotopic (exact) mass is 255 g/mol. The van der Waals surface area contributed by atoms with Gasteiger partial charge < -0.3 is 4.90 Å². The van der Waals surface area contributed by atoms with E-state index in [1.54, 1.807) is 0 Å². The number of anilines is 1. The molecule has 3 aliphatic rings. The third-order valence-electron chi connectivity index (χ3n) is 5.79. The minimum atomic E-state index is -0.169. The van der Waals surface area contributed by atoms with Gasteiger partial charge in [-0.1, -0.05) is 32.0 Å². The van der Waals surface area contributed by atoms with Gasteiger partial charge in [0.15, 0.2) is 0 Å². The number of nitrogens with zero attached hydrogens (tertiary/aromatic N) is 1. The molecule has 2 aliphatic heterocycles. The van der Waals surface area contributed by atoms with Crippen LogP contribution in [-0.4, -0.2) is 11.9 Å². The Hall–Kier alpha value is -1.31. The molecular weight excluding hydrogens is 234 g/mol. The van der Waals surface area contributed by atoms with Gasteiger partial charge in [0, 0.05) is 11.5 Å². The Morgan fingerprint density at radius 1 is 1.32 bits per heavy atom. The molecule has 0 spiro atoms. The zero-order chi connectivity index (χ0) is 13.4. The van der Waals surface area contributed by atoms with E-state index in [0.29, 0.717) is 17.9 Å². The lowest BCUT2D eigenvalue weighted by atomic mass is 9.61. The molecule has 1 aromatic rings.